The van der Waals surface area contributed by atoms with E-state index < -0.39 is 0 Å². The molecule has 0 bridgehead atoms. The van der Waals surface area contributed by atoms with Gasteiger partial charge < -0.3 is 4.74 Å². The lowest BCUT2D eigenvalue weighted by molar-refractivity contribution is 0.0475. The van der Waals surface area contributed by atoms with Gasteiger partial charge in [-0.3, -0.25) is 4.98 Å². The maximum Gasteiger partial charge on any atom is 0.339 e. The van der Waals surface area contributed by atoms with Crippen LogP contribution in [0.2, 0.25) is 0 Å². The van der Waals surface area contributed by atoms with Crippen molar-refractivity contribution < 1.29 is 9.53 Å². The Hall–Kier alpha value is -3.47. The molecule has 2 heterocycles. The normalized spacial score (nSPS) is 10.8. The Kier molecular flexibility index (Phi) is 4.19. The largest absolute Gasteiger partial charge is 0.457 e. The molecule has 0 amide bonds. The van der Waals surface area contributed by atoms with E-state index in [1.54, 1.807) is 16.9 Å². The summed E-state index contributed by atoms with van der Waals surface area (Å²) in [4.78, 5) is 17.0. The van der Waals surface area contributed by atoms with Gasteiger partial charge in [0.25, 0.3) is 0 Å². The molecular weight excluding hydrogens is 326 g/mol. The number of aromatic nitrogens is 3. The van der Waals surface area contributed by atoms with Crippen LogP contribution in [0.4, 0.5) is 0 Å². The topological polar surface area (TPSA) is 57.0 Å². The second-order valence-corrected chi connectivity index (χ2v) is 6.02. The first kappa shape index (κ1) is 16.0. The Morgan fingerprint density at radius 1 is 1.08 bits per heavy atom. The predicted molar refractivity (Wildman–Crippen MR) is 99.2 cm³/mol. The molecule has 0 aliphatic carbocycles. The molecular formula is C21H17N3O2. The maximum atomic E-state index is 12.6. The minimum Gasteiger partial charge on any atom is -0.457 e. The summed E-state index contributed by atoms with van der Waals surface area (Å²) in [5.41, 5.74) is 4.01. The highest BCUT2D eigenvalue weighted by molar-refractivity contribution is 6.03. The smallest absolute Gasteiger partial charge is 0.339 e. The van der Waals surface area contributed by atoms with E-state index in [1.165, 1.54) is 0 Å². The molecule has 5 nitrogen and oxygen atoms in total. The first-order valence-electron chi connectivity index (χ1n) is 8.33. The van der Waals surface area contributed by atoms with Crippen LogP contribution in [0.5, 0.6) is 0 Å². The SMILES string of the molecule is Cc1cc(C(=O)OCc2ccc(-n3cccn3)cc2)c2ccccc2n1. The number of nitrogens with zero attached hydrogens (tertiary/aromatic N) is 3. The molecule has 26 heavy (non-hydrogen) atoms. The molecule has 2 aromatic carbocycles. The molecule has 0 aliphatic rings. The van der Waals surface area contributed by atoms with Crippen LogP contribution >= 0.6 is 0 Å². The van der Waals surface area contributed by atoms with E-state index in [-0.39, 0.29) is 12.6 Å². The molecule has 0 saturated carbocycles. The first-order chi connectivity index (χ1) is 12.7. The van der Waals surface area contributed by atoms with Gasteiger partial charge >= 0.3 is 5.97 Å². The van der Waals surface area contributed by atoms with Gasteiger partial charge in [-0.05, 0) is 42.8 Å². The Morgan fingerprint density at radius 3 is 2.65 bits per heavy atom. The predicted octanol–water partition coefficient (Wildman–Crippen LogP) is 4.09. The van der Waals surface area contributed by atoms with Gasteiger partial charge in [0.1, 0.15) is 6.61 Å². The van der Waals surface area contributed by atoms with Crippen molar-refractivity contribution in [1.29, 1.82) is 0 Å². The van der Waals surface area contributed by atoms with Crippen molar-refractivity contribution in [2.75, 3.05) is 0 Å². The number of aryl methyl sites for hydroxylation is 1. The summed E-state index contributed by atoms with van der Waals surface area (Å²) in [5.74, 6) is -0.345. The lowest BCUT2D eigenvalue weighted by Crippen LogP contribution is -2.07. The van der Waals surface area contributed by atoms with E-state index in [2.05, 4.69) is 10.1 Å². The van der Waals surface area contributed by atoms with Crippen molar-refractivity contribution in [3.8, 4) is 5.69 Å². The molecule has 0 N–H and O–H groups in total. The van der Waals surface area contributed by atoms with Gasteiger partial charge in [0.15, 0.2) is 0 Å². The van der Waals surface area contributed by atoms with Crippen molar-refractivity contribution in [3.05, 3.63) is 89.9 Å². The number of fused-ring (bicyclic) bond motifs is 1. The quantitative estimate of drug-likeness (QED) is 0.524. The summed E-state index contributed by atoms with van der Waals surface area (Å²) in [6, 6.07) is 19.0. The fourth-order valence-electron chi connectivity index (χ4n) is 2.87. The Balaban J connectivity index is 1.51. The molecule has 0 saturated heterocycles. The molecule has 0 radical (unpaired) electrons. The number of esters is 1. The van der Waals surface area contributed by atoms with E-state index in [4.69, 9.17) is 4.74 Å². The van der Waals surface area contributed by atoms with Gasteiger partial charge in [0, 0.05) is 23.5 Å². The van der Waals surface area contributed by atoms with E-state index in [9.17, 15) is 4.79 Å². The second-order valence-electron chi connectivity index (χ2n) is 6.02. The highest BCUT2D eigenvalue weighted by Crippen LogP contribution is 2.20. The van der Waals surface area contributed by atoms with E-state index >= 15 is 0 Å². The van der Waals surface area contributed by atoms with Crippen LogP contribution in [0.15, 0.2) is 73.1 Å². The number of hydrogen-bond donors (Lipinski definition) is 0. The van der Waals surface area contributed by atoms with Crippen LogP contribution in [0.1, 0.15) is 21.6 Å². The number of para-hydroxylation sites is 1. The molecule has 0 spiro atoms. The monoisotopic (exact) mass is 343 g/mol. The van der Waals surface area contributed by atoms with Crippen LogP contribution in [-0.2, 0) is 11.3 Å². The van der Waals surface area contributed by atoms with E-state index in [0.717, 1.165) is 27.8 Å². The number of ether oxygens (including phenoxy) is 1. The average Bonchev–Trinajstić information content (AvgIpc) is 3.20. The van der Waals surface area contributed by atoms with Crippen LogP contribution < -0.4 is 0 Å². The van der Waals surface area contributed by atoms with Gasteiger partial charge in [-0.25, -0.2) is 9.48 Å². The van der Waals surface area contributed by atoms with Gasteiger partial charge in [-0.1, -0.05) is 30.3 Å². The summed E-state index contributed by atoms with van der Waals surface area (Å²) in [7, 11) is 0. The molecule has 2 aromatic heterocycles. The maximum absolute atomic E-state index is 12.6. The molecule has 128 valence electrons. The first-order valence-corrected chi connectivity index (χ1v) is 8.33. The van der Waals surface area contributed by atoms with Crippen LogP contribution in [-0.4, -0.2) is 20.7 Å². The number of hydrogen-bond acceptors (Lipinski definition) is 4. The Labute approximate surface area is 150 Å². The third kappa shape index (κ3) is 3.19. The standard InChI is InChI=1S/C21H17N3O2/c1-15-13-19(18-5-2-3-6-20(18)23-15)21(25)26-14-16-7-9-17(10-8-16)24-12-4-11-22-24/h2-13H,14H2,1H3. The fourth-order valence-corrected chi connectivity index (χ4v) is 2.87. The fraction of sp³-hybridized carbons (Fsp3) is 0.0952. The Bertz CT molecular complexity index is 1050. The molecule has 0 unspecified atom stereocenters. The molecule has 5 heteroatoms. The lowest BCUT2D eigenvalue weighted by atomic mass is 10.1. The zero-order chi connectivity index (χ0) is 17.9. The summed E-state index contributed by atoms with van der Waals surface area (Å²) in [6.45, 7) is 2.09. The minimum absolute atomic E-state index is 0.216. The van der Waals surface area contributed by atoms with Crippen LogP contribution in [0.3, 0.4) is 0 Å². The summed E-state index contributed by atoms with van der Waals surface area (Å²) < 4.78 is 7.30. The molecule has 0 atom stereocenters. The van der Waals surface area contributed by atoms with Crippen LogP contribution in [0, 0.1) is 6.92 Å². The van der Waals surface area contributed by atoms with Gasteiger partial charge in [-0.15, -0.1) is 0 Å². The van der Waals surface area contributed by atoms with E-state index in [0.29, 0.717) is 5.56 Å². The van der Waals surface area contributed by atoms with Crippen molar-refractivity contribution in [3.63, 3.8) is 0 Å². The van der Waals surface area contributed by atoms with Crippen LogP contribution in [0.25, 0.3) is 16.6 Å². The zero-order valence-corrected chi connectivity index (χ0v) is 14.3. The summed E-state index contributed by atoms with van der Waals surface area (Å²) in [6.07, 6.45) is 3.61. The molecule has 4 aromatic rings. The number of carbonyl (C=O) groups excluding carboxylic acids is 1. The van der Waals surface area contributed by atoms with Crippen molar-refractivity contribution >= 4 is 16.9 Å². The minimum atomic E-state index is -0.345. The highest BCUT2D eigenvalue weighted by Gasteiger charge is 2.13. The summed E-state index contributed by atoms with van der Waals surface area (Å²) in [5, 5.41) is 5.00. The third-order valence-electron chi connectivity index (χ3n) is 4.14. The highest BCUT2D eigenvalue weighted by atomic mass is 16.5. The van der Waals surface area contributed by atoms with E-state index in [1.807, 2.05) is 67.7 Å². The van der Waals surface area contributed by atoms with Crippen molar-refractivity contribution in [1.82, 2.24) is 14.8 Å². The summed E-state index contributed by atoms with van der Waals surface area (Å²) >= 11 is 0. The lowest BCUT2D eigenvalue weighted by Gasteiger charge is -2.09. The Morgan fingerprint density at radius 2 is 1.88 bits per heavy atom. The number of rotatable bonds is 4. The molecule has 4 rings (SSSR count). The second kappa shape index (κ2) is 6.80. The number of carbonyl (C=O) groups is 1. The number of benzene rings is 2. The zero-order valence-electron chi connectivity index (χ0n) is 14.3. The molecule has 0 aliphatic heterocycles. The number of pyridine rings is 1. The van der Waals surface area contributed by atoms with Gasteiger partial charge in [0.2, 0.25) is 0 Å². The molecule has 0 fully saturated rings. The van der Waals surface area contributed by atoms with Gasteiger partial charge in [0.05, 0.1) is 16.8 Å². The average molecular weight is 343 g/mol. The van der Waals surface area contributed by atoms with Crippen molar-refractivity contribution in [2.45, 2.75) is 13.5 Å². The van der Waals surface area contributed by atoms with Gasteiger partial charge in [-0.2, -0.15) is 5.10 Å². The third-order valence-corrected chi connectivity index (χ3v) is 4.14. The van der Waals surface area contributed by atoms with Crippen molar-refractivity contribution in [2.24, 2.45) is 0 Å².